The van der Waals surface area contributed by atoms with Gasteiger partial charge in [0, 0.05) is 23.2 Å². The first-order valence-corrected chi connectivity index (χ1v) is 10.5. The molecular formula is C22H26ClN5O. The van der Waals surface area contributed by atoms with Gasteiger partial charge in [0.1, 0.15) is 11.6 Å². The lowest BCUT2D eigenvalue weighted by molar-refractivity contribution is -0.116. The zero-order valence-electron chi connectivity index (χ0n) is 16.6. The van der Waals surface area contributed by atoms with Crippen LogP contribution in [0.15, 0.2) is 36.5 Å². The smallest absolute Gasteiger partial charge is 0.225 e. The number of nitrogens with zero attached hydrogens (tertiary/aromatic N) is 3. The number of amides is 1. The van der Waals surface area contributed by atoms with Crippen molar-refractivity contribution in [2.45, 2.75) is 32.1 Å². The molecule has 0 spiro atoms. The van der Waals surface area contributed by atoms with Crippen LogP contribution in [-0.4, -0.2) is 45.9 Å². The summed E-state index contributed by atoms with van der Waals surface area (Å²) >= 11 is 6.05. The molecule has 4 rings (SSSR count). The van der Waals surface area contributed by atoms with E-state index in [0.717, 1.165) is 41.2 Å². The minimum absolute atomic E-state index is 0.0129. The number of piperidine rings is 1. The van der Waals surface area contributed by atoms with Gasteiger partial charge in [0.05, 0.1) is 11.0 Å². The van der Waals surface area contributed by atoms with E-state index in [1.165, 1.54) is 25.9 Å². The molecule has 29 heavy (non-hydrogen) atoms. The standard InChI is InChI=1S/C22H26ClN5O/c1-28-11-8-15(9-12-28)3-2-4-21(29)27-20-13-16(7-10-24-20)22-25-18-6-5-17(23)14-19(18)26-22/h5-7,10,13-15H,2-4,8-9,11-12H2,1H3,(H,25,26)(H,24,27,29). The highest BCUT2D eigenvalue weighted by Gasteiger charge is 2.16. The van der Waals surface area contributed by atoms with Crippen LogP contribution in [0.5, 0.6) is 0 Å². The van der Waals surface area contributed by atoms with Crippen molar-refractivity contribution in [3.8, 4) is 11.4 Å². The predicted molar refractivity (Wildman–Crippen MR) is 117 cm³/mol. The molecule has 0 unspecified atom stereocenters. The first kappa shape index (κ1) is 19.9. The molecule has 1 aliphatic rings. The lowest BCUT2D eigenvalue weighted by Gasteiger charge is -2.28. The molecule has 3 heterocycles. The third kappa shape index (κ3) is 5.14. The Kier molecular flexibility index (Phi) is 6.11. The SMILES string of the molecule is CN1CCC(CCCC(=O)Nc2cc(-c3nc4ccc(Cl)cc4[nH]3)ccn2)CC1. The van der Waals surface area contributed by atoms with E-state index in [9.17, 15) is 4.79 Å². The summed E-state index contributed by atoms with van der Waals surface area (Å²) in [6.07, 6.45) is 6.74. The van der Waals surface area contributed by atoms with Gasteiger partial charge < -0.3 is 15.2 Å². The van der Waals surface area contributed by atoms with Crippen molar-refractivity contribution in [3.05, 3.63) is 41.6 Å². The molecular weight excluding hydrogens is 386 g/mol. The van der Waals surface area contributed by atoms with Gasteiger partial charge in [0.2, 0.25) is 5.91 Å². The van der Waals surface area contributed by atoms with Gasteiger partial charge in [-0.3, -0.25) is 4.79 Å². The molecule has 152 valence electrons. The number of imidazole rings is 1. The third-order valence-electron chi connectivity index (χ3n) is 5.60. The Bertz CT molecular complexity index is 994. The van der Waals surface area contributed by atoms with Crippen LogP contribution in [0.25, 0.3) is 22.4 Å². The number of benzene rings is 1. The number of hydrogen-bond donors (Lipinski definition) is 2. The molecule has 0 atom stereocenters. The molecule has 1 saturated heterocycles. The second kappa shape index (κ2) is 8.93. The summed E-state index contributed by atoms with van der Waals surface area (Å²) < 4.78 is 0. The van der Waals surface area contributed by atoms with Crippen LogP contribution in [0.1, 0.15) is 32.1 Å². The number of carbonyl (C=O) groups excluding carboxylic acids is 1. The highest BCUT2D eigenvalue weighted by molar-refractivity contribution is 6.31. The zero-order valence-corrected chi connectivity index (χ0v) is 17.4. The average Bonchev–Trinajstić information content (AvgIpc) is 3.13. The predicted octanol–water partition coefficient (Wildman–Crippen LogP) is 4.73. The van der Waals surface area contributed by atoms with Gasteiger partial charge in [-0.25, -0.2) is 9.97 Å². The van der Waals surface area contributed by atoms with Gasteiger partial charge in [-0.1, -0.05) is 11.6 Å². The van der Waals surface area contributed by atoms with Crippen molar-refractivity contribution in [2.75, 3.05) is 25.5 Å². The normalized spacial score (nSPS) is 15.7. The number of fused-ring (bicyclic) bond motifs is 1. The molecule has 1 amide bonds. The fourth-order valence-electron chi connectivity index (χ4n) is 3.87. The van der Waals surface area contributed by atoms with E-state index in [1.54, 1.807) is 6.20 Å². The van der Waals surface area contributed by atoms with Gasteiger partial charge in [-0.15, -0.1) is 0 Å². The maximum absolute atomic E-state index is 12.3. The lowest BCUT2D eigenvalue weighted by atomic mass is 9.92. The van der Waals surface area contributed by atoms with Gasteiger partial charge in [-0.05, 0) is 82.1 Å². The minimum atomic E-state index is 0.0129. The highest BCUT2D eigenvalue weighted by atomic mass is 35.5. The third-order valence-corrected chi connectivity index (χ3v) is 5.83. The molecule has 0 radical (unpaired) electrons. The maximum atomic E-state index is 12.3. The number of aromatic amines is 1. The topological polar surface area (TPSA) is 73.9 Å². The second-order valence-corrected chi connectivity index (χ2v) is 8.30. The van der Waals surface area contributed by atoms with E-state index >= 15 is 0 Å². The number of H-pyrrole nitrogens is 1. The van der Waals surface area contributed by atoms with Gasteiger partial charge in [0.15, 0.2) is 0 Å². The van der Waals surface area contributed by atoms with E-state index in [4.69, 9.17) is 11.6 Å². The Morgan fingerprint density at radius 1 is 1.28 bits per heavy atom. The summed E-state index contributed by atoms with van der Waals surface area (Å²) in [5.74, 6) is 2.04. The largest absolute Gasteiger partial charge is 0.338 e. The highest BCUT2D eigenvalue weighted by Crippen LogP contribution is 2.24. The molecule has 1 fully saturated rings. The summed E-state index contributed by atoms with van der Waals surface area (Å²) in [6.45, 7) is 2.34. The summed E-state index contributed by atoms with van der Waals surface area (Å²) in [6, 6.07) is 9.26. The second-order valence-electron chi connectivity index (χ2n) is 7.86. The van der Waals surface area contributed by atoms with Crippen LogP contribution in [0, 0.1) is 5.92 Å². The summed E-state index contributed by atoms with van der Waals surface area (Å²) in [7, 11) is 2.17. The maximum Gasteiger partial charge on any atom is 0.225 e. The minimum Gasteiger partial charge on any atom is -0.338 e. The number of aromatic nitrogens is 3. The fourth-order valence-corrected chi connectivity index (χ4v) is 4.04. The fraction of sp³-hybridized carbons (Fsp3) is 0.409. The van der Waals surface area contributed by atoms with Gasteiger partial charge >= 0.3 is 0 Å². The number of anilines is 1. The first-order chi connectivity index (χ1) is 14.1. The van der Waals surface area contributed by atoms with Gasteiger partial charge in [-0.2, -0.15) is 0 Å². The van der Waals surface area contributed by atoms with E-state index in [1.807, 2.05) is 30.3 Å². The molecule has 0 aliphatic carbocycles. The molecule has 1 aromatic carbocycles. The summed E-state index contributed by atoms with van der Waals surface area (Å²) in [5.41, 5.74) is 2.60. The average molecular weight is 412 g/mol. The van der Waals surface area contributed by atoms with Crippen molar-refractivity contribution < 1.29 is 4.79 Å². The monoisotopic (exact) mass is 411 g/mol. The zero-order chi connectivity index (χ0) is 20.2. The Morgan fingerprint density at radius 2 is 2.10 bits per heavy atom. The number of hydrogen-bond acceptors (Lipinski definition) is 4. The van der Waals surface area contributed by atoms with Crippen LogP contribution in [0.3, 0.4) is 0 Å². The van der Waals surface area contributed by atoms with Crippen LogP contribution < -0.4 is 5.32 Å². The number of pyridine rings is 1. The molecule has 7 heteroatoms. The Hall–Kier alpha value is -2.44. The molecule has 2 aromatic heterocycles. The molecule has 1 aliphatic heterocycles. The molecule has 6 nitrogen and oxygen atoms in total. The summed E-state index contributed by atoms with van der Waals surface area (Å²) in [4.78, 5) is 26.8. The number of halogens is 1. The van der Waals surface area contributed by atoms with Crippen molar-refractivity contribution in [2.24, 2.45) is 5.92 Å². The lowest BCUT2D eigenvalue weighted by Crippen LogP contribution is -2.30. The van der Waals surface area contributed by atoms with E-state index in [0.29, 0.717) is 17.3 Å². The Morgan fingerprint density at radius 3 is 2.93 bits per heavy atom. The first-order valence-electron chi connectivity index (χ1n) is 10.2. The number of carbonyl (C=O) groups is 1. The quantitative estimate of drug-likeness (QED) is 0.615. The molecule has 2 N–H and O–H groups in total. The van der Waals surface area contributed by atoms with E-state index in [2.05, 4.69) is 32.2 Å². The Labute approximate surface area is 175 Å². The molecule has 3 aromatic rings. The van der Waals surface area contributed by atoms with Crippen LogP contribution >= 0.6 is 11.6 Å². The van der Waals surface area contributed by atoms with E-state index in [-0.39, 0.29) is 5.91 Å². The van der Waals surface area contributed by atoms with E-state index < -0.39 is 0 Å². The van der Waals surface area contributed by atoms with Crippen molar-refractivity contribution >= 4 is 34.4 Å². The summed E-state index contributed by atoms with van der Waals surface area (Å²) in [5, 5.41) is 3.58. The van der Waals surface area contributed by atoms with Crippen molar-refractivity contribution in [1.29, 1.82) is 0 Å². The van der Waals surface area contributed by atoms with Crippen LogP contribution in [0.4, 0.5) is 5.82 Å². The van der Waals surface area contributed by atoms with Crippen molar-refractivity contribution in [3.63, 3.8) is 0 Å². The molecule has 0 saturated carbocycles. The number of rotatable bonds is 6. The van der Waals surface area contributed by atoms with Crippen molar-refractivity contribution in [1.82, 2.24) is 19.9 Å². The number of likely N-dealkylation sites (tertiary alicyclic amines) is 1. The van der Waals surface area contributed by atoms with Gasteiger partial charge in [0.25, 0.3) is 0 Å². The molecule has 0 bridgehead atoms. The van der Waals surface area contributed by atoms with Crippen LogP contribution in [0.2, 0.25) is 5.02 Å². The Balaban J connectivity index is 1.34. The van der Waals surface area contributed by atoms with Crippen LogP contribution in [-0.2, 0) is 4.79 Å². The number of nitrogens with one attached hydrogen (secondary N) is 2.